The van der Waals surface area contributed by atoms with Crippen molar-refractivity contribution in [1.82, 2.24) is 16.0 Å². The van der Waals surface area contributed by atoms with Gasteiger partial charge in [0.05, 0.1) is 32.8 Å². The summed E-state index contributed by atoms with van der Waals surface area (Å²) in [5.74, 6) is -1.50. The summed E-state index contributed by atoms with van der Waals surface area (Å²) >= 11 is 0. The molecule has 12 heteroatoms. The van der Waals surface area contributed by atoms with Gasteiger partial charge in [-0.3, -0.25) is 19.7 Å². The standard InChI is InChI=1S/C23H26N4O8/c1-24-20-13-5-6-18(33-2)14(10-13)15-7-12(9-17(27(31)32)21(15)34-3)8-16(23(30)35-4)26-19(28)11-25-22(20)29/h5-7,9-10,16,20,24H,8,11H2,1-4H3,(H,25,29)(H,26,28). The second-order valence-electron chi connectivity index (χ2n) is 7.70. The lowest BCUT2D eigenvalue weighted by Crippen LogP contribution is -2.48. The predicted molar refractivity (Wildman–Crippen MR) is 124 cm³/mol. The highest BCUT2D eigenvalue weighted by Crippen LogP contribution is 2.43. The lowest BCUT2D eigenvalue weighted by atomic mass is 9.93. The van der Waals surface area contributed by atoms with Crippen molar-refractivity contribution in [2.24, 2.45) is 0 Å². The number of hydrogen-bond donors (Lipinski definition) is 3. The van der Waals surface area contributed by atoms with Crippen molar-refractivity contribution >= 4 is 23.5 Å². The van der Waals surface area contributed by atoms with Gasteiger partial charge >= 0.3 is 11.7 Å². The number of nitro groups is 1. The smallest absolute Gasteiger partial charge is 0.328 e. The summed E-state index contributed by atoms with van der Waals surface area (Å²) < 4.78 is 15.7. The number of methoxy groups -OCH3 is 3. The summed E-state index contributed by atoms with van der Waals surface area (Å²) in [6, 6.07) is 5.87. The van der Waals surface area contributed by atoms with Crippen LogP contribution in [0.15, 0.2) is 30.3 Å². The van der Waals surface area contributed by atoms with Crippen LogP contribution in [0.4, 0.5) is 5.69 Å². The number of likely N-dealkylation sites (N-methyl/N-ethyl adjacent to an activating group) is 1. The number of carbonyl (C=O) groups excluding carboxylic acids is 3. The van der Waals surface area contributed by atoms with E-state index in [4.69, 9.17) is 14.2 Å². The van der Waals surface area contributed by atoms with Crippen LogP contribution in [0.25, 0.3) is 11.1 Å². The minimum absolute atomic E-state index is 0.0228. The Morgan fingerprint density at radius 2 is 1.86 bits per heavy atom. The van der Waals surface area contributed by atoms with Crippen LogP contribution in [-0.4, -0.2) is 63.7 Å². The van der Waals surface area contributed by atoms with Gasteiger partial charge in [0.1, 0.15) is 17.8 Å². The summed E-state index contributed by atoms with van der Waals surface area (Å²) in [5, 5.41) is 19.9. The minimum Gasteiger partial charge on any atom is -0.496 e. The second kappa shape index (κ2) is 10.8. The number of ether oxygens (including phenoxy) is 3. The maximum atomic E-state index is 12.8. The van der Waals surface area contributed by atoms with Crippen LogP contribution in [0.1, 0.15) is 17.2 Å². The molecule has 3 rings (SSSR count). The van der Waals surface area contributed by atoms with Gasteiger partial charge in [-0.25, -0.2) is 4.79 Å². The SMILES string of the molecule is CNC1C(=O)NCC(=O)NC(C(=O)OC)Cc2cc(c(OC)c([N+](=O)[O-])c2)-c2cc1ccc2OC. The fourth-order valence-electron chi connectivity index (χ4n) is 3.99. The molecule has 12 nitrogen and oxygen atoms in total. The number of amides is 2. The number of nitrogens with one attached hydrogen (secondary N) is 3. The molecule has 2 unspecified atom stereocenters. The number of esters is 1. The van der Waals surface area contributed by atoms with Crippen LogP contribution < -0.4 is 25.4 Å². The molecule has 2 aromatic rings. The molecule has 0 aromatic heterocycles. The third kappa shape index (κ3) is 5.32. The molecular formula is C23H26N4O8. The van der Waals surface area contributed by atoms with E-state index in [0.29, 0.717) is 28.0 Å². The van der Waals surface area contributed by atoms with E-state index in [1.807, 2.05) is 0 Å². The summed E-state index contributed by atoms with van der Waals surface area (Å²) in [7, 11) is 5.50. The predicted octanol–water partition coefficient (Wildman–Crippen LogP) is 0.870. The Hall–Kier alpha value is -4.19. The van der Waals surface area contributed by atoms with Gasteiger partial charge in [0.25, 0.3) is 0 Å². The Bertz CT molecular complexity index is 1170. The van der Waals surface area contributed by atoms with E-state index in [-0.39, 0.29) is 24.4 Å². The maximum absolute atomic E-state index is 12.8. The lowest BCUT2D eigenvalue weighted by Gasteiger charge is -2.22. The second-order valence-corrected chi connectivity index (χ2v) is 7.70. The third-order valence-electron chi connectivity index (χ3n) is 5.61. The van der Waals surface area contributed by atoms with E-state index in [9.17, 15) is 24.5 Å². The average molecular weight is 486 g/mol. The zero-order valence-corrected chi connectivity index (χ0v) is 19.7. The van der Waals surface area contributed by atoms with Gasteiger partial charge in [0.2, 0.25) is 17.6 Å². The highest BCUT2D eigenvalue weighted by Gasteiger charge is 2.29. The Morgan fingerprint density at radius 1 is 1.11 bits per heavy atom. The zero-order chi connectivity index (χ0) is 25.7. The van der Waals surface area contributed by atoms with E-state index in [2.05, 4.69) is 16.0 Å². The number of fused-ring (bicyclic) bond motifs is 5. The molecule has 35 heavy (non-hydrogen) atoms. The molecule has 2 aromatic carbocycles. The van der Waals surface area contributed by atoms with E-state index in [1.54, 1.807) is 31.3 Å². The van der Waals surface area contributed by atoms with Crippen LogP contribution in [-0.2, 0) is 25.5 Å². The number of nitrogens with zero attached hydrogens (tertiary/aromatic N) is 1. The molecule has 3 N–H and O–H groups in total. The van der Waals surface area contributed by atoms with Crippen LogP contribution in [0.3, 0.4) is 0 Å². The topological polar surface area (TPSA) is 158 Å². The number of benzene rings is 2. The van der Waals surface area contributed by atoms with Gasteiger partial charge in [-0.05, 0) is 36.4 Å². The van der Waals surface area contributed by atoms with Crippen molar-refractivity contribution in [3.8, 4) is 22.6 Å². The van der Waals surface area contributed by atoms with Crippen molar-refractivity contribution in [1.29, 1.82) is 0 Å². The van der Waals surface area contributed by atoms with E-state index in [0.717, 1.165) is 7.11 Å². The van der Waals surface area contributed by atoms with Gasteiger partial charge in [0.15, 0.2) is 0 Å². The van der Waals surface area contributed by atoms with E-state index in [1.165, 1.54) is 20.3 Å². The first-order valence-corrected chi connectivity index (χ1v) is 10.6. The van der Waals surface area contributed by atoms with Gasteiger partial charge in [-0.15, -0.1) is 0 Å². The first kappa shape index (κ1) is 25.4. The molecule has 2 atom stereocenters. The Kier molecular flexibility index (Phi) is 7.87. The van der Waals surface area contributed by atoms with Crippen molar-refractivity contribution in [2.45, 2.75) is 18.5 Å². The van der Waals surface area contributed by atoms with E-state index >= 15 is 0 Å². The number of hydrogen-bond acceptors (Lipinski definition) is 9. The lowest BCUT2D eigenvalue weighted by molar-refractivity contribution is -0.385. The molecule has 4 bridgehead atoms. The van der Waals surface area contributed by atoms with Crippen LogP contribution in [0, 0.1) is 10.1 Å². The maximum Gasteiger partial charge on any atom is 0.328 e. The molecule has 0 saturated carbocycles. The highest BCUT2D eigenvalue weighted by atomic mass is 16.6. The largest absolute Gasteiger partial charge is 0.496 e. The van der Waals surface area contributed by atoms with Crippen molar-refractivity contribution < 1.29 is 33.5 Å². The van der Waals surface area contributed by atoms with Gasteiger partial charge in [-0.2, -0.15) is 0 Å². The molecule has 2 amide bonds. The highest BCUT2D eigenvalue weighted by molar-refractivity contribution is 5.91. The summed E-state index contributed by atoms with van der Waals surface area (Å²) in [4.78, 5) is 49.0. The van der Waals surface area contributed by atoms with Gasteiger partial charge in [-0.1, -0.05) is 6.07 Å². The Morgan fingerprint density at radius 3 is 2.46 bits per heavy atom. The summed E-state index contributed by atoms with van der Waals surface area (Å²) in [5.41, 5.74) is 1.33. The number of carbonyl (C=O) groups is 3. The summed E-state index contributed by atoms with van der Waals surface area (Å²) in [6.45, 7) is -0.387. The van der Waals surface area contributed by atoms with Crippen molar-refractivity contribution in [2.75, 3.05) is 34.9 Å². The van der Waals surface area contributed by atoms with Crippen LogP contribution in [0.2, 0.25) is 0 Å². The Labute approximate surface area is 201 Å². The molecule has 0 aliphatic carbocycles. The monoisotopic (exact) mass is 486 g/mol. The molecule has 0 radical (unpaired) electrons. The molecule has 0 saturated heterocycles. The molecule has 1 heterocycles. The minimum atomic E-state index is -1.15. The molecule has 0 fully saturated rings. The number of nitro benzene ring substituents is 1. The molecular weight excluding hydrogens is 460 g/mol. The third-order valence-corrected chi connectivity index (χ3v) is 5.61. The van der Waals surface area contributed by atoms with Gasteiger partial charge in [0, 0.05) is 23.6 Å². The zero-order valence-electron chi connectivity index (χ0n) is 19.7. The quantitative estimate of drug-likeness (QED) is 0.317. The molecule has 1 aliphatic heterocycles. The normalized spacial score (nSPS) is 17.9. The first-order valence-electron chi connectivity index (χ1n) is 10.6. The first-order chi connectivity index (χ1) is 16.7. The van der Waals surface area contributed by atoms with Crippen molar-refractivity contribution in [3.05, 3.63) is 51.6 Å². The van der Waals surface area contributed by atoms with Crippen molar-refractivity contribution in [3.63, 3.8) is 0 Å². The fraction of sp³-hybridized carbons (Fsp3) is 0.348. The molecule has 0 spiro atoms. The fourth-order valence-corrected chi connectivity index (χ4v) is 3.99. The molecule has 1 aliphatic rings. The Balaban J connectivity index is 2.34. The number of rotatable bonds is 5. The molecule has 186 valence electrons. The average Bonchev–Trinajstić information content (AvgIpc) is 2.85. The summed E-state index contributed by atoms with van der Waals surface area (Å²) in [6.07, 6.45) is -0.106. The van der Waals surface area contributed by atoms with Crippen LogP contribution >= 0.6 is 0 Å². The van der Waals surface area contributed by atoms with Gasteiger partial charge < -0.3 is 30.2 Å². The van der Waals surface area contributed by atoms with Crippen LogP contribution in [0.5, 0.6) is 11.5 Å². The van der Waals surface area contributed by atoms with E-state index < -0.39 is 34.8 Å².